The largest absolute Gasteiger partial charge is 0.508 e. The lowest BCUT2D eigenvalue weighted by Crippen LogP contribution is -2.14. The number of rotatable bonds is 5. The fourth-order valence-corrected chi connectivity index (χ4v) is 2.23. The van der Waals surface area contributed by atoms with Crippen LogP contribution in [0.4, 0.5) is 5.69 Å². The number of phenolic OH excluding ortho intramolecular Hbond substituents is 1. The van der Waals surface area contributed by atoms with Crippen LogP contribution in [-0.2, 0) is 11.2 Å². The molecule has 4 heteroatoms. The van der Waals surface area contributed by atoms with Gasteiger partial charge in [0.1, 0.15) is 17.4 Å². The van der Waals surface area contributed by atoms with Gasteiger partial charge in [0.25, 0.3) is 5.91 Å². The summed E-state index contributed by atoms with van der Waals surface area (Å²) >= 11 is 0. The summed E-state index contributed by atoms with van der Waals surface area (Å²) in [6.45, 7) is 5.53. The van der Waals surface area contributed by atoms with Crippen LogP contribution >= 0.6 is 0 Å². The van der Waals surface area contributed by atoms with Crippen LogP contribution in [0.25, 0.3) is 6.08 Å². The third kappa shape index (κ3) is 4.11. The second-order valence-electron chi connectivity index (χ2n) is 5.32. The van der Waals surface area contributed by atoms with Crippen LogP contribution in [0.5, 0.6) is 5.75 Å². The van der Waals surface area contributed by atoms with E-state index in [2.05, 4.69) is 11.9 Å². The van der Waals surface area contributed by atoms with Gasteiger partial charge >= 0.3 is 0 Å². The number of carbonyl (C=O) groups excluding carboxylic acids is 1. The molecule has 0 bridgehead atoms. The minimum Gasteiger partial charge on any atom is -0.508 e. The van der Waals surface area contributed by atoms with E-state index < -0.39 is 5.91 Å². The Labute approximate surface area is 141 Å². The Hall–Kier alpha value is -3.32. The van der Waals surface area contributed by atoms with Crippen molar-refractivity contribution < 1.29 is 9.90 Å². The van der Waals surface area contributed by atoms with Gasteiger partial charge < -0.3 is 10.4 Å². The van der Waals surface area contributed by atoms with Crippen molar-refractivity contribution in [2.45, 2.75) is 13.3 Å². The van der Waals surface area contributed by atoms with Crippen LogP contribution in [0.3, 0.4) is 0 Å². The molecule has 2 N–H and O–H groups in total. The number of allylic oxidation sites excluding steroid dienone is 1. The van der Waals surface area contributed by atoms with Gasteiger partial charge in [-0.1, -0.05) is 30.3 Å². The average molecular weight is 318 g/mol. The molecule has 2 aromatic rings. The van der Waals surface area contributed by atoms with Crippen molar-refractivity contribution in [3.8, 4) is 11.8 Å². The number of nitriles is 1. The first-order valence-corrected chi connectivity index (χ1v) is 7.46. The van der Waals surface area contributed by atoms with Gasteiger partial charge in [-0.25, -0.2) is 0 Å². The number of aromatic hydroxyl groups is 1. The number of carbonyl (C=O) groups is 1. The Morgan fingerprint density at radius 2 is 2.08 bits per heavy atom. The molecular formula is C20H18N2O2. The highest BCUT2D eigenvalue weighted by Crippen LogP contribution is 2.21. The molecule has 0 fully saturated rings. The molecule has 0 spiro atoms. The van der Waals surface area contributed by atoms with Gasteiger partial charge in [0.05, 0.1) is 0 Å². The SMILES string of the molecule is C=CCc1cc(/C=C(/C#N)C(=O)Nc2ccccc2C)ccc1O. The Morgan fingerprint density at radius 3 is 2.75 bits per heavy atom. The number of nitrogens with one attached hydrogen (secondary N) is 1. The number of para-hydroxylation sites is 1. The summed E-state index contributed by atoms with van der Waals surface area (Å²) in [4.78, 5) is 12.3. The lowest BCUT2D eigenvalue weighted by molar-refractivity contribution is -0.112. The van der Waals surface area contributed by atoms with Gasteiger partial charge in [-0.3, -0.25) is 4.79 Å². The maximum Gasteiger partial charge on any atom is 0.266 e. The number of hydrogen-bond acceptors (Lipinski definition) is 3. The Balaban J connectivity index is 2.27. The highest BCUT2D eigenvalue weighted by Gasteiger charge is 2.11. The molecule has 120 valence electrons. The molecule has 0 atom stereocenters. The quantitative estimate of drug-likeness (QED) is 0.497. The molecule has 0 saturated heterocycles. The van der Waals surface area contributed by atoms with Crippen LogP contribution in [0, 0.1) is 18.3 Å². The molecule has 0 aromatic heterocycles. The number of nitrogens with zero attached hydrogens (tertiary/aromatic N) is 1. The predicted octanol–water partition coefficient (Wildman–Crippen LogP) is 3.97. The molecule has 0 radical (unpaired) electrons. The average Bonchev–Trinajstić information content (AvgIpc) is 2.57. The Morgan fingerprint density at radius 1 is 1.33 bits per heavy atom. The number of benzene rings is 2. The highest BCUT2D eigenvalue weighted by atomic mass is 16.3. The van der Waals surface area contributed by atoms with Crippen LogP contribution in [0.15, 0.2) is 60.7 Å². The number of amides is 1. The molecule has 0 aliphatic carbocycles. The third-order valence-electron chi connectivity index (χ3n) is 3.54. The molecule has 0 heterocycles. The van der Waals surface area contributed by atoms with E-state index >= 15 is 0 Å². The fourth-order valence-electron chi connectivity index (χ4n) is 2.23. The summed E-state index contributed by atoms with van der Waals surface area (Å²) in [7, 11) is 0. The standard InChI is InChI=1S/C20H18N2O2/c1-3-6-16-11-15(9-10-19(16)23)12-17(13-21)20(24)22-18-8-5-4-7-14(18)2/h3-5,7-12,23H,1,6H2,2H3,(H,22,24)/b17-12-. The minimum absolute atomic E-state index is 0.00602. The fraction of sp³-hybridized carbons (Fsp3) is 0.100. The summed E-state index contributed by atoms with van der Waals surface area (Å²) in [6, 6.07) is 14.2. The van der Waals surface area contributed by atoms with Gasteiger partial charge in [-0.05, 0) is 54.3 Å². The predicted molar refractivity (Wildman–Crippen MR) is 95.4 cm³/mol. The van der Waals surface area contributed by atoms with Crippen molar-refractivity contribution in [3.05, 3.63) is 77.4 Å². The first-order chi connectivity index (χ1) is 11.5. The lowest BCUT2D eigenvalue weighted by atomic mass is 10.0. The summed E-state index contributed by atoms with van der Waals surface area (Å²) in [5.74, 6) is -0.305. The minimum atomic E-state index is -0.467. The van der Waals surface area contributed by atoms with Gasteiger partial charge in [-0.15, -0.1) is 6.58 Å². The highest BCUT2D eigenvalue weighted by molar-refractivity contribution is 6.09. The first-order valence-electron chi connectivity index (χ1n) is 7.46. The zero-order valence-electron chi connectivity index (χ0n) is 13.4. The molecule has 4 nitrogen and oxygen atoms in total. The second-order valence-corrected chi connectivity index (χ2v) is 5.32. The van der Waals surface area contributed by atoms with Crippen LogP contribution in [0.1, 0.15) is 16.7 Å². The molecule has 24 heavy (non-hydrogen) atoms. The molecule has 2 aromatic carbocycles. The van der Waals surface area contributed by atoms with Gasteiger partial charge in [0.2, 0.25) is 0 Å². The van der Waals surface area contributed by atoms with E-state index in [1.54, 1.807) is 30.3 Å². The molecular weight excluding hydrogens is 300 g/mol. The van der Waals surface area contributed by atoms with Gasteiger partial charge in [0.15, 0.2) is 0 Å². The van der Waals surface area contributed by atoms with E-state index in [1.807, 2.05) is 31.2 Å². The van der Waals surface area contributed by atoms with E-state index in [-0.39, 0.29) is 11.3 Å². The third-order valence-corrected chi connectivity index (χ3v) is 3.54. The molecule has 0 aliphatic rings. The maximum atomic E-state index is 12.3. The van der Waals surface area contributed by atoms with Crippen molar-refractivity contribution in [1.29, 1.82) is 5.26 Å². The molecule has 2 rings (SSSR count). The summed E-state index contributed by atoms with van der Waals surface area (Å²) < 4.78 is 0. The van der Waals surface area contributed by atoms with E-state index in [9.17, 15) is 15.2 Å². The number of phenols is 1. The Kier molecular flexibility index (Phi) is 5.54. The van der Waals surface area contributed by atoms with E-state index in [4.69, 9.17) is 0 Å². The van der Waals surface area contributed by atoms with E-state index in [0.29, 0.717) is 23.2 Å². The van der Waals surface area contributed by atoms with Crippen LogP contribution in [-0.4, -0.2) is 11.0 Å². The first kappa shape index (κ1) is 17.0. The van der Waals surface area contributed by atoms with Crippen molar-refractivity contribution in [3.63, 3.8) is 0 Å². The van der Waals surface area contributed by atoms with Crippen LogP contribution in [0.2, 0.25) is 0 Å². The zero-order chi connectivity index (χ0) is 17.5. The smallest absolute Gasteiger partial charge is 0.266 e. The second kappa shape index (κ2) is 7.80. The molecule has 0 unspecified atom stereocenters. The van der Waals surface area contributed by atoms with Crippen molar-refractivity contribution in [2.75, 3.05) is 5.32 Å². The van der Waals surface area contributed by atoms with Crippen molar-refractivity contribution >= 4 is 17.7 Å². The monoisotopic (exact) mass is 318 g/mol. The molecule has 1 amide bonds. The van der Waals surface area contributed by atoms with E-state index in [0.717, 1.165) is 5.56 Å². The topological polar surface area (TPSA) is 73.1 Å². The maximum absolute atomic E-state index is 12.3. The summed E-state index contributed by atoms with van der Waals surface area (Å²) in [6.07, 6.45) is 3.68. The van der Waals surface area contributed by atoms with Crippen LogP contribution < -0.4 is 5.32 Å². The van der Waals surface area contributed by atoms with Crippen molar-refractivity contribution in [1.82, 2.24) is 0 Å². The molecule has 0 aliphatic heterocycles. The lowest BCUT2D eigenvalue weighted by Gasteiger charge is -2.08. The van der Waals surface area contributed by atoms with Gasteiger partial charge in [0, 0.05) is 5.69 Å². The summed E-state index contributed by atoms with van der Waals surface area (Å²) in [5.41, 5.74) is 2.94. The Bertz CT molecular complexity index is 845. The summed E-state index contributed by atoms with van der Waals surface area (Å²) in [5, 5.41) is 21.8. The molecule has 0 saturated carbocycles. The normalized spacial score (nSPS) is 10.8. The number of anilines is 1. The van der Waals surface area contributed by atoms with Gasteiger partial charge in [-0.2, -0.15) is 5.26 Å². The number of aryl methyl sites for hydroxylation is 1. The van der Waals surface area contributed by atoms with Crippen molar-refractivity contribution in [2.24, 2.45) is 0 Å². The number of hydrogen-bond donors (Lipinski definition) is 2. The zero-order valence-corrected chi connectivity index (χ0v) is 13.4. The van der Waals surface area contributed by atoms with E-state index in [1.165, 1.54) is 6.08 Å².